The van der Waals surface area contributed by atoms with E-state index < -0.39 is 0 Å². The van der Waals surface area contributed by atoms with Crippen molar-refractivity contribution in [3.8, 4) is 39.8 Å². The summed E-state index contributed by atoms with van der Waals surface area (Å²) in [6, 6.07) is 13.6. The number of H-pyrrole nitrogens is 1. The van der Waals surface area contributed by atoms with Gasteiger partial charge >= 0.3 is 0 Å². The van der Waals surface area contributed by atoms with Crippen molar-refractivity contribution in [2.45, 2.75) is 25.5 Å². The molecular formula is C25H30N8OS. The molecule has 4 aromatic rings. The molecule has 0 aliphatic rings. The Morgan fingerprint density at radius 1 is 1.09 bits per heavy atom. The van der Waals surface area contributed by atoms with Gasteiger partial charge < -0.3 is 20.8 Å². The van der Waals surface area contributed by atoms with E-state index in [4.69, 9.17) is 20.4 Å². The van der Waals surface area contributed by atoms with Gasteiger partial charge in [-0.2, -0.15) is 0 Å². The average Bonchev–Trinajstić information content (AvgIpc) is 3.35. The fourth-order valence-electron chi connectivity index (χ4n) is 3.34. The normalized spacial score (nSPS) is 11.9. The maximum atomic E-state index is 5.94. The molecule has 1 aromatic carbocycles. The van der Waals surface area contributed by atoms with Gasteiger partial charge in [0.2, 0.25) is 5.95 Å². The smallest absolute Gasteiger partial charge is 0.223 e. The maximum Gasteiger partial charge on any atom is 0.223 e. The number of nitrogen functional groups attached to an aromatic ring is 1. The first-order chi connectivity index (χ1) is 17.1. The third-order valence-corrected chi connectivity index (χ3v) is 6.51. The number of rotatable bonds is 11. The highest BCUT2D eigenvalue weighted by Gasteiger charge is 2.18. The third kappa shape index (κ3) is 6.09. The van der Waals surface area contributed by atoms with Crippen LogP contribution < -0.4 is 20.5 Å². The number of nitrogens with two attached hydrogens (primary N) is 1. The zero-order valence-corrected chi connectivity index (χ0v) is 20.9. The molecule has 0 aliphatic carbocycles. The van der Waals surface area contributed by atoms with E-state index in [0.29, 0.717) is 40.7 Å². The van der Waals surface area contributed by atoms with Crippen LogP contribution in [-0.2, 0) is 0 Å². The molecule has 9 nitrogen and oxygen atoms in total. The molecule has 0 saturated carbocycles. The lowest BCUT2D eigenvalue weighted by molar-refractivity contribution is 0.415. The number of hydrogen-bond donors (Lipinski definition) is 4. The van der Waals surface area contributed by atoms with Crippen molar-refractivity contribution in [1.82, 2.24) is 29.6 Å². The number of imidazole rings is 1. The van der Waals surface area contributed by atoms with Crippen molar-refractivity contribution in [2.75, 3.05) is 31.2 Å². The van der Waals surface area contributed by atoms with Crippen molar-refractivity contribution >= 4 is 23.7 Å². The first kappa shape index (κ1) is 24.5. The Balaban J connectivity index is 1.63. The number of methoxy groups -OCH3 is 1. The van der Waals surface area contributed by atoms with Gasteiger partial charge in [-0.15, -0.1) is 0 Å². The zero-order chi connectivity index (χ0) is 24.6. The van der Waals surface area contributed by atoms with Crippen LogP contribution in [0.25, 0.3) is 34.0 Å². The lowest BCUT2D eigenvalue weighted by Gasteiger charge is -2.10. The van der Waals surface area contributed by atoms with Gasteiger partial charge in [-0.05, 0) is 18.6 Å². The summed E-state index contributed by atoms with van der Waals surface area (Å²) in [7, 11) is 1.57. The number of anilines is 2. The van der Waals surface area contributed by atoms with E-state index in [1.807, 2.05) is 42.5 Å². The summed E-state index contributed by atoms with van der Waals surface area (Å²) in [6.07, 6.45) is 4.55. The average molecular weight is 491 g/mol. The monoisotopic (exact) mass is 490 g/mol. The Morgan fingerprint density at radius 2 is 1.91 bits per heavy atom. The predicted octanol–water partition coefficient (Wildman–Crippen LogP) is 4.63. The Kier molecular flexibility index (Phi) is 8.17. The van der Waals surface area contributed by atoms with E-state index in [0.717, 1.165) is 35.6 Å². The van der Waals surface area contributed by atoms with Crippen LogP contribution in [0.4, 0.5) is 11.8 Å². The molecule has 5 N–H and O–H groups in total. The second-order valence-electron chi connectivity index (χ2n) is 7.91. The Labute approximate surface area is 209 Å². The summed E-state index contributed by atoms with van der Waals surface area (Å²) in [5.74, 6) is 2.09. The highest BCUT2D eigenvalue weighted by atomic mass is 32.2. The molecule has 182 valence electrons. The highest BCUT2D eigenvalue weighted by molar-refractivity contribution is 7.98. The number of aromatic nitrogens is 5. The molecule has 10 heteroatoms. The van der Waals surface area contributed by atoms with Crippen LogP contribution in [0.1, 0.15) is 20.3 Å². The summed E-state index contributed by atoms with van der Waals surface area (Å²) in [5.41, 5.74) is 9.84. The topological polar surface area (TPSA) is 127 Å². The number of aromatic amines is 1. The number of pyridine rings is 1. The third-order valence-electron chi connectivity index (χ3n) is 5.41. The largest absolute Gasteiger partial charge is 0.493 e. The fraction of sp³-hybridized carbons (Fsp3) is 0.280. The van der Waals surface area contributed by atoms with Gasteiger partial charge in [-0.3, -0.25) is 4.72 Å². The minimum atomic E-state index is 0.324. The van der Waals surface area contributed by atoms with E-state index in [1.54, 1.807) is 31.5 Å². The highest BCUT2D eigenvalue weighted by Crippen LogP contribution is 2.34. The van der Waals surface area contributed by atoms with Crippen molar-refractivity contribution in [3.05, 3.63) is 54.9 Å². The number of ether oxygens (including phenoxy) is 1. The zero-order valence-electron chi connectivity index (χ0n) is 20.1. The van der Waals surface area contributed by atoms with Gasteiger partial charge in [-0.25, -0.2) is 19.9 Å². The van der Waals surface area contributed by atoms with Crippen LogP contribution >= 0.6 is 11.9 Å². The molecule has 0 amide bonds. The summed E-state index contributed by atoms with van der Waals surface area (Å²) in [5, 5.41) is 3.87. The van der Waals surface area contributed by atoms with Gasteiger partial charge in [0.1, 0.15) is 11.5 Å². The van der Waals surface area contributed by atoms with E-state index in [2.05, 4.69) is 38.8 Å². The number of nitrogens with one attached hydrogen (secondary N) is 3. The van der Waals surface area contributed by atoms with Crippen LogP contribution in [0.5, 0.6) is 5.75 Å². The number of nitrogens with zero attached hydrogens (tertiary/aromatic N) is 4. The first-order valence-corrected chi connectivity index (χ1v) is 12.4. The molecule has 0 aliphatic heterocycles. The summed E-state index contributed by atoms with van der Waals surface area (Å²) in [4.78, 5) is 21.7. The molecule has 0 spiro atoms. The number of benzene rings is 1. The minimum absolute atomic E-state index is 0.324. The molecule has 3 heterocycles. The van der Waals surface area contributed by atoms with E-state index in [-0.39, 0.29) is 0 Å². The molecule has 0 fully saturated rings. The maximum absolute atomic E-state index is 5.94. The SMILES string of the molecule is CCC(C)SNCCNc1nccc(-c2[nH]c(-c3ccccc3)nc2-c2cnc(N)c(OC)c2)n1. The fourth-order valence-corrected chi connectivity index (χ4v) is 4.01. The van der Waals surface area contributed by atoms with Crippen molar-refractivity contribution in [2.24, 2.45) is 0 Å². The molecule has 0 saturated heterocycles. The van der Waals surface area contributed by atoms with E-state index in [1.165, 1.54) is 0 Å². The summed E-state index contributed by atoms with van der Waals surface area (Å²) >= 11 is 1.75. The predicted molar refractivity (Wildman–Crippen MR) is 143 cm³/mol. The second-order valence-corrected chi connectivity index (χ2v) is 9.24. The van der Waals surface area contributed by atoms with Crippen LogP contribution in [0.15, 0.2) is 54.9 Å². The molecule has 3 aromatic heterocycles. The van der Waals surface area contributed by atoms with Crippen molar-refractivity contribution in [1.29, 1.82) is 0 Å². The molecule has 1 atom stereocenters. The molecule has 0 radical (unpaired) electrons. The Bertz CT molecular complexity index is 1250. The lowest BCUT2D eigenvalue weighted by atomic mass is 10.1. The first-order valence-electron chi connectivity index (χ1n) is 11.5. The van der Waals surface area contributed by atoms with Gasteiger partial charge in [0.05, 0.1) is 18.5 Å². The lowest BCUT2D eigenvalue weighted by Crippen LogP contribution is -2.19. The Morgan fingerprint density at radius 3 is 2.69 bits per heavy atom. The minimum Gasteiger partial charge on any atom is -0.493 e. The van der Waals surface area contributed by atoms with Gasteiger partial charge in [-0.1, -0.05) is 56.1 Å². The van der Waals surface area contributed by atoms with Crippen LogP contribution in [0, 0.1) is 0 Å². The summed E-state index contributed by atoms with van der Waals surface area (Å²) in [6.45, 7) is 5.89. The van der Waals surface area contributed by atoms with Crippen LogP contribution in [-0.4, -0.2) is 50.4 Å². The molecule has 0 bridgehead atoms. The standard InChI is InChI=1S/C25H30N8OS/c1-4-16(2)35-30-13-12-28-25-27-11-10-19(31-25)22-21(18-14-20(34-3)23(26)29-15-18)32-24(33-22)17-8-6-5-7-9-17/h5-11,14-16,30H,4,12-13H2,1-3H3,(H2,26,29)(H,32,33)(H,27,28,31). The quantitative estimate of drug-likeness (QED) is 0.176. The molecule has 4 rings (SSSR count). The van der Waals surface area contributed by atoms with Crippen LogP contribution in [0.3, 0.4) is 0 Å². The van der Waals surface area contributed by atoms with Crippen LogP contribution in [0.2, 0.25) is 0 Å². The van der Waals surface area contributed by atoms with Gasteiger partial charge in [0.15, 0.2) is 11.6 Å². The molecule has 35 heavy (non-hydrogen) atoms. The van der Waals surface area contributed by atoms with Crippen molar-refractivity contribution < 1.29 is 4.74 Å². The summed E-state index contributed by atoms with van der Waals surface area (Å²) < 4.78 is 8.75. The molecule has 1 unspecified atom stereocenters. The number of hydrogen-bond acceptors (Lipinski definition) is 9. The van der Waals surface area contributed by atoms with E-state index >= 15 is 0 Å². The van der Waals surface area contributed by atoms with Crippen molar-refractivity contribution in [3.63, 3.8) is 0 Å². The molecular weight excluding hydrogens is 460 g/mol. The van der Waals surface area contributed by atoms with E-state index in [9.17, 15) is 0 Å². The Hall–Kier alpha value is -3.63. The van der Waals surface area contributed by atoms with Gasteiger partial charge in [0, 0.05) is 41.9 Å². The van der Waals surface area contributed by atoms with Gasteiger partial charge in [0.25, 0.3) is 0 Å². The second kappa shape index (κ2) is 11.7.